The van der Waals surface area contributed by atoms with E-state index >= 15 is 0 Å². The van der Waals surface area contributed by atoms with Crippen LogP contribution in [0.15, 0.2) is 36.4 Å². The summed E-state index contributed by atoms with van der Waals surface area (Å²) in [6, 6.07) is 12.3. The van der Waals surface area contributed by atoms with E-state index in [9.17, 15) is 8.78 Å². The van der Waals surface area contributed by atoms with Crippen LogP contribution >= 0.6 is 0 Å². The van der Waals surface area contributed by atoms with Crippen molar-refractivity contribution in [3.63, 3.8) is 0 Å². The zero-order valence-corrected chi connectivity index (χ0v) is 23.7. The number of benzene rings is 2. The van der Waals surface area contributed by atoms with Gasteiger partial charge in [0.25, 0.3) is 0 Å². The van der Waals surface area contributed by atoms with Crippen LogP contribution in [0.2, 0.25) is 0 Å². The molecule has 0 aromatic heterocycles. The van der Waals surface area contributed by atoms with E-state index in [2.05, 4.69) is 38.1 Å². The highest BCUT2D eigenvalue weighted by Crippen LogP contribution is 2.39. The summed E-state index contributed by atoms with van der Waals surface area (Å²) in [6.45, 7) is 5.32. The van der Waals surface area contributed by atoms with Gasteiger partial charge in [-0.05, 0) is 67.1 Å². The monoisotopic (exact) mass is 526 g/mol. The van der Waals surface area contributed by atoms with Crippen LogP contribution in [0, 0.1) is 17.6 Å². The van der Waals surface area contributed by atoms with Gasteiger partial charge in [0.15, 0.2) is 17.9 Å². The second-order valence-electron chi connectivity index (χ2n) is 11.7. The van der Waals surface area contributed by atoms with Crippen molar-refractivity contribution >= 4 is 0 Å². The van der Waals surface area contributed by atoms with E-state index in [0.29, 0.717) is 31.1 Å². The fourth-order valence-corrected chi connectivity index (χ4v) is 6.28. The molecule has 0 atom stereocenters. The molecule has 38 heavy (non-hydrogen) atoms. The molecule has 2 aromatic carbocycles. The van der Waals surface area contributed by atoms with E-state index in [1.54, 1.807) is 12.1 Å². The van der Waals surface area contributed by atoms with Crippen molar-refractivity contribution in [1.82, 2.24) is 0 Å². The fourth-order valence-electron chi connectivity index (χ4n) is 6.28. The highest BCUT2D eigenvalue weighted by molar-refractivity contribution is 5.30. The summed E-state index contributed by atoms with van der Waals surface area (Å²) in [7, 11) is 0. The SMILES string of the molecule is CCCCCCCc1ccc(C2OCC(c3ccc(C4CCC(CCCCC)CC4)cc3)CO2)c(F)c1F. The van der Waals surface area contributed by atoms with E-state index in [1.165, 1.54) is 75.3 Å². The third kappa shape index (κ3) is 7.88. The molecule has 2 aliphatic rings. The maximum absolute atomic E-state index is 14.9. The van der Waals surface area contributed by atoms with E-state index in [4.69, 9.17) is 9.47 Å². The van der Waals surface area contributed by atoms with Crippen molar-refractivity contribution in [2.75, 3.05) is 13.2 Å². The molecule has 4 rings (SSSR count). The molecule has 1 saturated heterocycles. The number of unbranched alkanes of at least 4 members (excludes halogenated alkanes) is 6. The lowest BCUT2D eigenvalue weighted by Gasteiger charge is -2.31. The normalized spacial score (nSPS) is 24.0. The minimum atomic E-state index is -0.855. The lowest BCUT2D eigenvalue weighted by atomic mass is 9.77. The van der Waals surface area contributed by atoms with Gasteiger partial charge in [-0.15, -0.1) is 0 Å². The first-order chi connectivity index (χ1) is 18.6. The molecular weight excluding hydrogens is 478 g/mol. The van der Waals surface area contributed by atoms with Gasteiger partial charge in [0.05, 0.1) is 13.2 Å². The van der Waals surface area contributed by atoms with Crippen molar-refractivity contribution in [3.05, 3.63) is 70.3 Å². The van der Waals surface area contributed by atoms with Crippen LogP contribution in [0.4, 0.5) is 8.78 Å². The molecule has 1 aliphatic carbocycles. The summed E-state index contributed by atoms with van der Waals surface area (Å²) >= 11 is 0. The second kappa shape index (κ2) is 15.1. The highest BCUT2D eigenvalue weighted by atomic mass is 19.2. The lowest BCUT2D eigenvalue weighted by molar-refractivity contribution is -0.193. The predicted molar refractivity (Wildman–Crippen MR) is 151 cm³/mol. The Morgan fingerprint density at radius 2 is 1.26 bits per heavy atom. The van der Waals surface area contributed by atoms with E-state index in [1.807, 2.05) is 0 Å². The van der Waals surface area contributed by atoms with Crippen LogP contribution in [0.3, 0.4) is 0 Å². The van der Waals surface area contributed by atoms with Crippen LogP contribution < -0.4 is 0 Å². The van der Waals surface area contributed by atoms with Crippen molar-refractivity contribution in [3.8, 4) is 0 Å². The van der Waals surface area contributed by atoms with Gasteiger partial charge >= 0.3 is 0 Å². The Morgan fingerprint density at radius 1 is 0.658 bits per heavy atom. The molecule has 2 nitrogen and oxygen atoms in total. The molecule has 210 valence electrons. The first kappa shape index (κ1) is 29.2. The number of halogens is 2. The Labute approximate surface area is 229 Å². The first-order valence-corrected chi connectivity index (χ1v) is 15.4. The summed E-state index contributed by atoms with van der Waals surface area (Å²) in [4.78, 5) is 0. The van der Waals surface area contributed by atoms with Gasteiger partial charge in [0.2, 0.25) is 0 Å². The van der Waals surface area contributed by atoms with Gasteiger partial charge in [-0.2, -0.15) is 0 Å². The number of rotatable bonds is 13. The zero-order valence-electron chi connectivity index (χ0n) is 23.7. The maximum atomic E-state index is 14.9. The largest absolute Gasteiger partial charge is 0.348 e. The molecule has 1 heterocycles. The molecule has 4 heteroatoms. The Morgan fingerprint density at radius 3 is 1.92 bits per heavy atom. The Bertz CT molecular complexity index is 957. The minimum Gasteiger partial charge on any atom is -0.348 e. The Balaban J connectivity index is 1.25. The lowest BCUT2D eigenvalue weighted by Crippen LogP contribution is -2.26. The first-order valence-electron chi connectivity index (χ1n) is 15.4. The number of hydrogen-bond acceptors (Lipinski definition) is 2. The fraction of sp³-hybridized carbons (Fsp3) is 0.647. The number of ether oxygens (including phenoxy) is 2. The molecule has 1 saturated carbocycles. The van der Waals surface area contributed by atoms with Crippen LogP contribution in [0.5, 0.6) is 0 Å². The van der Waals surface area contributed by atoms with Crippen LogP contribution in [0.25, 0.3) is 0 Å². The molecule has 0 amide bonds. The molecule has 0 unspecified atom stereocenters. The third-order valence-electron chi connectivity index (χ3n) is 8.84. The van der Waals surface area contributed by atoms with Gasteiger partial charge in [-0.25, -0.2) is 8.78 Å². The van der Waals surface area contributed by atoms with Gasteiger partial charge in [-0.3, -0.25) is 0 Å². The molecule has 0 spiro atoms. The smallest absolute Gasteiger partial charge is 0.186 e. The average Bonchev–Trinajstić information content (AvgIpc) is 2.96. The second-order valence-corrected chi connectivity index (χ2v) is 11.7. The van der Waals surface area contributed by atoms with Crippen LogP contribution in [-0.2, 0) is 15.9 Å². The van der Waals surface area contributed by atoms with E-state index < -0.39 is 17.9 Å². The Kier molecular flexibility index (Phi) is 11.6. The van der Waals surface area contributed by atoms with Crippen molar-refractivity contribution in [2.45, 2.75) is 122 Å². The van der Waals surface area contributed by atoms with Crippen molar-refractivity contribution in [1.29, 1.82) is 0 Å². The number of aryl methyl sites for hydroxylation is 1. The summed E-state index contributed by atoms with van der Waals surface area (Å²) in [5.41, 5.74) is 3.24. The summed E-state index contributed by atoms with van der Waals surface area (Å²) in [6.07, 6.45) is 15.9. The van der Waals surface area contributed by atoms with Crippen molar-refractivity contribution in [2.24, 2.45) is 5.92 Å². The topological polar surface area (TPSA) is 18.5 Å². The molecule has 1 aliphatic heterocycles. The molecular formula is C34H48F2O2. The Hall–Kier alpha value is -1.78. The summed E-state index contributed by atoms with van der Waals surface area (Å²) in [5.74, 6) is 0.116. The molecule has 0 radical (unpaired) electrons. The number of hydrogen-bond donors (Lipinski definition) is 0. The van der Waals surface area contributed by atoms with Crippen LogP contribution in [-0.4, -0.2) is 13.2 Å². The quantitative estimate of drug-likeness (QED) is 0.242. The van der Waals surface area contributed by atoms with Gasteiger partial charge in [0.1, 0.15) is 0 Å². The van der Waals surface area contributed by atoms with Gasteiger partial charge < -0.3 is 9.47 Å². The van der Waals surface area contributed by atoms with Gasteiger partial charge in [0, 0.05) is 11.5 Å². The average molecular weight is 527 g/mol. The van der Waals surface area contributed by atoms with Gasteiger partial charge in [-0.1, -0.05) is 102 Å². The summed E-state index contributed by atoms with van der Waals surface area (Å²) < 4.78 is 41.4. The van der Waals surface area contributed by atoms with E-state index in [0.717, 1.165) is 25.2 Å². The van der Waals surface area contributed by atoms with E-state index in [-0.39, 0.29) is 11.5 Å². The molecule has 0 N–H and O–H groups in total. The van der Waals surface area contributed by atoms with Crippen molar-refractivity contribution < 1.29 is 18.3 Å². The van der Waals surface area contributed by atoms with Crippen LogP contribution in [0.1, 0.15) is 138 Å². The summed E-state index contributed by atoms with van der Waals surface area (Å²) in [5, 5.41) is 0. The molecule has 2 aromatic rings. The molecule has 2 fully saturated rings. The standard InChI is InChI=1S/C34H48F2O2/c1-3-5-7-8-10-12-29-21-22-31(33(36)32(29)35)34-37-23-30(24-38-34)28-19-17-27(18-20-28)26-15-13-25(14-16-26)11-9-6-4-2/h17-22,25-26,30,34H,3-16,23-24H2,1-2H3. The maximum Gasteiger partial charge on any atom is 0.186 e. The molecule has 0 bridgehead atoms. The zero-order chi connectivity index (χ0) is 26.7. The predicted octanol–water partition coefficient (Wildman–Crippen LogP) is 10.2. The third-order valence-corrected chi connectivity index (χ3v) is 8.84. The highest BCUT2D eigenvalue weighted by Gasteiger charge is 2.29. The minimum absolute atomic E-state index is 0.102.